The van der Waals surface area contributed by atoms with E-state index in [0.717, 1.165) is 45.1 Å². The third-order valence-electron chi connectivity index (χ3n) is 5.83. The van der Waals surface area contributed by atoms with E-state index in [9.17, 15) is 8.78 Å². The van der Waals surface area contributed by atoms with E-state index in [1.807, 2.05) is 20.8 Å². The van der Waals surface area contributed by atoms with Gasteiger partial charge in [0, 0.05) is 18.9 Å². The summed E-state index contributed by atoms with van der Waals surface area (Å²) in [5.74, 6) is -2.15. The summed E-state index contributed by atoms with van der Waals surface area (Å²) in [4.78, 5) is 2.42. The Kier molecular flexibility index (Phi) is 6.23. The molecule has 2 rings (SSSR count). The van der Waals surface area contributed by atoms with Crippen molar-refractivity contribution < 1.29 is 8.78 Å². The summed E-state index contributed by atoms with van der Waals surface area (Å²) in [6.45, 7) is 11.0. The van der Waals surface area contributed by atoms with Gasteiger partial charge in [-0.2, -0.15) is 0 Å². The highest BCUT2D eigenvalue weighted by atomic mass is 19.3. The lowest BCUT2D eigenvalue weighted by Gasteiger charge is -2.40. The average molecular weight is 316 g/mol. The van der Waals surface area contributed by atoms with Crippen LogP contribution in [0.15, 0.2) is 0 Å². The molecule has 0 bridgehead atoms. The van der Waals surface area contributed by atoms with E-state index in [1.54, 1.807) is 0 Å². The molecule has 2 saturated heterocycles. The first kappa shape index (κ1) is 18.1. The monoisotopic (exact) mass is 316 g/mol. The molecule has 1 N–H and O–H groups in total. The van der Waals surface area contributed by atoms with Crippen LogP contribution in [0.4, 0.5) is 8.78 Å². The van der Waals surface area contributed by atoms with Crippen molar-refractivity contribution in [2.24, 2.45) is 17.3 Å². The van der Waals surface area contributed by atoms with Gasteiger partial charge in [0.05, 0.1) is 0 Å². The molecule has 2 aliphatic heterocycles. The molecule has 2 heterocycles. The summed E-state index contributed by atoms with van der Waals surface area (Å²) >= 11 is 0. The fourth-order valence-corrected chi connectivity index (χ4v) is 3.87. The summed E-state index contributed by atoms with van der Waals surface area (Å²) in [7, 11) is 0. The lowest BCUT2D eigenvalue weighted by atomic mass is 9.77. The van der Waals surface area contributed by atoms with Gasteiger partial charge in [0.25, 0.3) is 5.92 Å². The fourth-order valence-electron chi connectivity index (χ4n) is 3.87. The highest BCUT2D eigenvalue weighted by molar-refractivity contribution is 4.87. The SMILES string of the molecule is CCC(C)(C)CC(F)(F)C1CCN(CC2CCNCC2)CC1. The molecule has 0 aromatic carbocycles. The smallest absolute Gasteiger partial charge is 0.251 e. The van der Waals surface area contributed by atoms with E-state index in [2.05, 4.69) is 10.2 Å². The van der Waals surface area contributed by atoms with Crippen LogP contribution in [0, 0.1) is 17.3 Å². The number of alkyl halides is 2. The van der Waals surface area contributed by atoms with Crippen LogP contribution in [0.2, 0.25) is 0 Å². The zero-order valence-electron chi connectivity index (χ0n) is 14.6. The maximum Gasteiger partial charge on any atom is 0.251 e. The number of nitrogens with one attached hydrogen (secondary N) is 1. The van der Waals surface area contributed by atoms with Gasteiger partial charge in [-0.05, 0) is 63.2 Å². The van der Waals surface area contributed by atoms with E-state index in [4.69, 9.17) is 0 Å². The molecule has 0 radical (unpaired) electrons. The Labute approximate surface area is 135 Å². The maximum absolute atomic E-state index is 14.6. The summed E-state index contributed by atoms with van der Waals surface area (Å²) < 4.78 is 29.1. The predicted molar refractivity (Wildman–Crippen MR) is 88.4 cm³/mol. The first-order chi connectivity index (χ1) is 10.3. The molecule has 2 fully saturated rings. The number of nitrogens with zero attached hydrogens (tertiary/aromatic N) is 1. The number of likely N-dealkylation sites (tertiary alicyclic amines) is 1. The number of halogens is 2. The second kappa shape index (κ2) is 7.57. The standard InChI is InChI=1S/C18H34F2N2/c1-4-17(2,3)14-18(19,20)16-7-11-22(12-8-16)13-15-5-9-21-10-6-15/h15-16,21H,4-14H2,1-3H3. The minimum absolute atomic E-state index is 0.0372. The molecule has 0 amide bonds. The van der Waals surface area contributed by atoms with Crippen molar-refractivity contribution in [2.45, 2.75) is 65.2 Å². The molecular formula is C18H34F2N2. The van der Waals surface area contributed by atoms with Crippen molar-refractivity contribution in [1.29, 1.82) is 0 Å². The lowest BCUT2D eigenvalue weighted by Crippen LogP contribution is -2.44. The minimum atomic E-state index is -2.50. The van der Waals surface area contributed by atoms with E-state index in [-0.39, 0.29) is 11.8 Å². The van der Waals surface area contributed by atoms with E-state index < -0.39 is 11.8 Å². The predicted octanol–water partition coefficient (Wildman–Crippen LogP) is 4.16. The van der Waals surface area contributed by atoms with E-state index >= 15 is 0 Å². The third-order valence-corrected chi connectivity index (χ3v) is 5.83. The molecule has 0 aliphatic carbocycles. The van der Waals surface area contributed by atoms with Gasteiger partial charge in [-0.15, -0.1) is 0 Å². The largest absolute Gasteiger partial charge is 0.317 e. The molecule has 0 aromatic rings. The van der Waals surface area contributed by atoms with Gasteiger partial charge in [-0.25, -0.2) is 8.78 Å². The first-order valence-electron chi connectivity index (χ1n) is 9.13. The van der Waals surface area contributed by atoms with Crippen molar-refractivity contribution in [2.75, 3.05) is 32.7 Å². The topological polar surface area (TPSA) is 15.3 Å². The van der Waals surface area contributed by atoms with Gasteiger partial charge in [0.15, 0.2) is 0 Å². The summed E-state index contributed by atoms with van der Waals surface area (Å²) in [6.07, 6.45) is 4.66. The van der Waals surface area contributed by atoms with Crippen LogP contribution in [-0.4, -0.2) is 43.5 Å². The molecule has 0 aromatic heterocycles. The van der Waals surface area contributed by atoms with Gasteiger partial charge in [-0.3, -0.25) is 0 Å². The van der Waals surface area contributed by atoms with E-state index in [1.165, 1.54) is 12.8 Å². The molecule has 130 valence electrons. The Morgan fingerprint density at radius 2 is 1.64 bits per heavy atom. The molecular weight excluding hydrogens is 282 g/mol. The summed E-state index contributed by atoms with van der Waals surface area (Å²) in [5, 5.41) is 3.39. The quantitative estimate of drug-likeness (QED) is 0.791. The van der Waals surface area contributed by atoms with Gasteiger partial charge in [-0.1, -0.05) is 27.2 Å². The van der Waals surface area contributed by atoms with Crippen LogP contribution < -0.4 is 5.32 Å². The molecule has 2 aliphatic rings. The number of piperidine rings is 2. The lowest BCUT2D eigenvalue weighted by molar-refractivity contribution is -0.107. The van der Waals surface area contributed by atoms with Gasteiger partial charge < -0.3 is 10.2 Å². The first-order valence-corrected chi connectivity index (χ1v) is 9.13. The average Bonchev–Trinajstić information content (AvgIpc) is 2.48. The summed E-state index contributed by atoms with van der Waals surface area (Å²) in [5.41, 5.74) is -0.254. The van der Waals surface area contributed by atoms with Gasteiger partial charge >= 0.3 is 0 Å². The van der Waals surface area contributed by atoms with Crippen LogP contribution in [0.5, 0.6) is 0 Å². The van der Waals surface area contributed by atoms with Crippen molar-refractivity contribution in [3.8, 4) is 0 Å². The fraction of sp³-hybridized carbons (Fsp3) is 1.00. The zero-order valence-corrected chi connectivity index (χ0v) is 14.6. The normalized spacial score (nSPS) is 23.9. The van der Waals surface area contributed by atoms with Crippen LogP contribution in [-0.2, 0) is 0 Å². The molecule has 0 atom stereocenters. The van der Waals surface area contributed by atoms with Crippen LogP contribution >= 0.6 is 0 Å². The molecule has 0 unspecified atom stereocenters. The zero-order chi connectivity index (χ0) is 16.2. The van der Waals surface area contributed by atoms with Crippen LogP contribution in [0.25, 0.3) is 0 Å². The Bertz CT molecular complexity index is 330. The number of hydrogen-bond donors (Lipinski definition) is 1. The molecule has 4 heteroatoms. The van der Waals surface area contributed by atoms with Crippen molar-refractivity contribution in [3.63, 3.8) is 0 Å². The second-order valence-electron chi connectivity index (χ2n) is 8.22. The summed E-state index contributed by atoms with van der Waals surface area (Å²) in [6, 6.07) is 0. The molecule has 2 nitrogen and oxygen atoms in total. The van der Waals surface area contributed by atoms with E-state index in [0.29, 0.717) is 12.8 Å². The van der Waals surface area contributed by atoms with Gasteiger partial charge in [0.2, 0.25) is 0 Å². The third kappa shape index (κ3) is 5.16. The van der Waals surface area contributed by atoms with Crippen molar-refractivity contribution in [3.05, 3.63) is 0 Å². The van der Waals surface area contributed by atoms with Gasteiger partial charge in [0.1, 0.15) is 0 Å². The number of hydrogen-bond acceptors (Lipinski definition) is 2. The highest BCUT2D eigenvalue weighted by Gasteiger charge is 2.44. The maximum atomic E-state index is 14.6. The van der Waals surface area contributed by atoms with Crippen LogP contribution in [0.3, 0.4) is 0 Å². The van der Waals surface area contributed by atoms with Crippen molar-refractivity contribution in [1.82, 2.24) is 10.2 Å². The molecule has 0 spiro atoms. The number of rotatable bonds is 6. The molecule has 0 saturated carbocycles. The Balaban J connectivity index is 1.78. The Morgan fingerprint density at radius 3 is 2.18 bits per heavy atom. The van der Waals surface area contributed by atoms with Crippen LogP contribution in [0.1, 0.15) is 59.3 Å². The van der Waals surface area contributed by atoms with Crippen molar-refractivity contribution >= 4 is 0 Å². The highest BCUT2D eigenvalue weighted by Crippen LogP contribution is 2.42. The Morgan fingerprint density at radius 1 is 1.05 bits per heavy atom. The second-order valence-corrected chi connectivity index (χ2v) is 8.22. The minimum Gasteiger partial charge on any atom is -0.317 e. The molecule has 22 heavy (non-hydrogen) atoms. The Hall–Kier alpha value is -0.220.